The zero-order chi connectivity index (χ0) is 10.0. The maximum Gasteiger partial charge on any atom is 0.239 e. The molecule has 1 aliphatic rings. The van der Waals surface area contributed by atoms with E-state index in [2.05, 4.69) is 0 Å². The van der Waals surface area contributed by atoms with Crippen LogP contribution in [0.2, 0.25) is 0 Å². The van der Waals surface area contributed by atoms with Gasteiger partial charge < -0.3 is 16.4 Å². The Labute approximate surface area is 77.1 Å². The topological polar surface area (TPSA) is 89.4 Å². The molecule has 13 heavy (non-hydrogen) atoms. The lowest BCUT2D eigenvalue weighted by Crippen LogP contribution is -2.41. The van der Waals surface area contributed by atoms with Crippen molar-refractivity contribution in [1.82, 2.24) is 4.90 Å². The van der Waals surface area contributed by atoms with Crippen molar-refractivity contribution in [3.05, 3.63) is 0 Å². The molecule has 1 saturated heterocycles. The molecular weight excluding hydrogens is 170 g/mol. The second kappa shape index (κ2) is 3.74. The molecule has 0 bridgehead atoms. The molecule has 1 heterocycles. The van der Waals surface area contributed by atoms with E-state index in [1.807, 2.05) is 0 Å². The normalized spacial score (nSPS) is 24.5. The molecule has 0 saturated carbocycles. The highest BCUT2D eigenvalue weighted by atomic mass is 16.2. The molecule has 0 aromatic rings. The van der Waals surface area contributed by atoms with Crippen molar-refractivity contribution in [2.24, 2.45) is 17.4 Å². The number of hydrogen-bond donors (Lipinski definition) is 2. The number of primary amides is 1. The third kappa shape index (κ3) is 2.18. The lowest BCUT2D eigenvalue weighted by atomic mass is 10.1. The van der Waals surface area contributed by atoms with Gasteiger partial charge in [-0.2, -0.15) is 0 Å². The first-order valence-corrected chi connectivity index (χ1v) is 4.36. The molecule has 1 rings (SSSR count). The Morgan fingerprint density at radius 1 is 1.54 bits per heavy atom. The predicted molar refractivity (Wildman–Crippen MR) is 47.5 cm³/mol. The zero-order valence-corrected chi connectivity index (χ0v) is 7.69. The summed E-state index contributed by atoms with van der Waals surface area (Å²) >= 11 is 0. The van der Waals surface area contributed by atoms with Crippen molar-refractivity contribution in [3.63, 3.8) is 0 Å². The highest BCUT2D eigenvalue weighted by molar-refractivity contribution is 5.83. The summed E-state index contributed by atoms with van der Waals surface area (Å²) in [5.41, 5.74) is 10.6. The van der Waals surface area contributed by atoms with E-state index in [4.69, 9.17) is 11.5 Å². The first-order chi connectivity index (χ1) is 6.02. The lowest BCUT2D eigenvalue weighted by molar-refractivity contribution is -0.131. The van der Waals surface area contributed by atoms with Gasteiger partial charge in [-0.15, -0.1) is 0 Å². The van der Waals surface area contributed by atoms with Crippen molar-refractivity contribution in [1.29, 1.82) is 0 Å². The SMILES string of the molecule is CC(N)C(=O)N1CCC(C(N)=O)C1. The summed E-state index contributed by atoms with van der Waals surface area (Å²) in [7, 11) is 0. The molecule has 74 valence electrons. The highest BCUT2D eigenvalue weighted by Gasteiger charge is 2.30. The average molecular weight is 185 g/mol. The van der Waals surface area contributed by atoms with Gasteiger partial charge in [0.15, 0.2) is 0 Å². The maximum absolute atomic E-state index is 11.4. The fraction of sp³-hybridized carbons (Fsp3) is 0.750. The molecule has 0 spiro atoms. The lowest BCUT2D eigenvalue weighted by Gasteiger charge is -2.17. The summed E-state index contributed by atoms with van der Waals surface area (Å²) in [6.07, 6.45) is 0.661. The van der Waals surface area contributed by atoms with Gasteiger partial charge in [-0.05, 0) is 13.3 Å². The van der Waals surface area contributed by atoms with Gasteiger partial charge in [0.2, 0.25) is 11.8 Å². The number of nitrogens with two attached hydrogens (primary N) is 2. The maximum atomic E-state index is 11.4. The molecule has 0 aliphatic carbocycles. The number of rotatable bonds is 2. The molecule has 0 aromatic heterocycles. The summed E-state index contributed by atoms with van der Waals surface area (Å²) in [5.74, 6) is -0.633. The van der Waals surface area contributed by atoms with Crippen molar-refractivity contribution in [3.8, 4) is 0 Å². The van der Waals surface area contributed by atoms with E-state index in [-0.39, 0.29) is 17.7 Å². The van der Waals surface area contributed by atoms with Gasteiger partial charge >= 0.3 is 0 Å². The molecule has 0 aromatic carbocycles. The molecule has 1 fully saturated rings. The fourth-order valence-electron chi connectivity index (χ4n) is 1.48. The number of carbonyl (C=O) groups excluding carboxylic acids is 2. The monoisotopic (exact) mass is 185 g/mol. The Kier molecular flexibility index (Phi) is 2.87. The van der Waals surface area contributed by atoms with E-state index in [1.165, 1.54) is 0 Å². The molecule has 2 atom stereocenters. The van der Waals surface area contributed by atoms with E-state index < -0.39 is 6.04 Å². The van der Waals surface area contributed by atoms with Crippen LogP contribution >= 0.6 is 0 Å². The summed E-state index contributed by atoms with van der Waals surface area (Å²) in [5, 5.41) is 0. The van der Waals surface area contributed by atoms with Crippen LogP contribution in [0.1, 0.15) is 13.3 Å². The van der Waals surface area contributed by atoms with Gasteiger partial charge in [-0.1, -0.05) is 0 Å². The standard InChI is InChI=1S/C8H15N3O2/c1-5(9)8(13)11-3-2-6(4-11)7(10)12/h5-6H,2-4,9H2,1H3,(H2,10,12). The van der Waals surface area contributed by atoms with Crippen LogP contribution in [0.5, 0.6) is 0 Å². The highest BCUT2D eigenvalue weighted by Crippen LogP contribution is 2.15. The predicted octanol–water partition coefficient (Wildman–Crippen LogP) is -1.33. The van der Waals surface area contributed by atoms with Crippen molar-refractivity contribution in [2.75, 3.05) is 13.1 Å². The largest absolute Gasteiger partial charge is 0.369 e. The Morgan fingerprint density at radius 3 is 2.54 bits per heavy atom. The smallest absolute Gasteiger partial charge is 0.239 e. The third-order valence-corrected chi connectivity index (χ3v) is 2.29. The van der Waals surface area contributed by atoms with Gasteiger partial charge in [0, 0.05) is 13.1 Å². The third-order valence-electron chi connectivity index (χ3n) is 2.29. The van der Waals surface area contributed by atoms with E-state index in [9.17, 15) is 9.59 Å². The first kappa shape index (κ1) is 9.98. The van der Waals surface area contributed by atoms with Gasteiger partial charge in [0.25, 0.3) is 0 Å². The van der Waals surface area contributed by atoms with Crippen LogP contribution in [0.3, 0.4) is 0 Å². The number of likely N-dealkylation sites (tertiary alicyclic amines) is 1. The molecular formula is C8H15N3O2. The molecule has 2 unspecified atom stereocenters. The van der Waals surface area contributed by atoms with Crippen molar-refractivity contribution < 1.29 is 9.59 Å². The Hall–Kier alpha value is -1.10. The van der Waals surface area contributed by atoms with E-state index >= 15 is 0 Å². The minimum Gasteiger partial charge on any atom is -0.369 e. The average Bonchev–Trinajstić information content (AvgIpc) is 2.50. The molecule has 1 aliphatic heterocycles. The van der Waals surface area contributed by atoms with Gasteiger partial charge in [-0.3, -0.25) is 9.59 Å². The van der Waals surface area contributed by atoms with E-state index in [1.54, 1.807) is 11.8 Å². The van der Waals surface area contributed by atoms with Crippen LogP contribution in [-0.2, 0) is 9.59 Å². The van der Waals surface area contributed by atoms with Gasteiger partial charge in [0.1, 0.15) is 0 Å². The first-order valence-electron chi connectivity index (χ1n) is 4.36. The second-order valence-electron chi connectivity index (χ2n) is 3.46. The Bertz CT molecular complexity index is 227. The van der Waals surface area contributed by atoms with E-state index in [0.29, 0.717) is 19.5 Å². The molecule has 5 heteroatoms. The Balaban J connectivity index is 2.50. The summed E-state index contributed by atoms with van der Waals surface area (Å²) < 4.78 is 0. The summed E-state index contributed by atoms with van der Waals surface area (Å²) in [6.45, 7) is 2.66. The fourth-order valence-corrected chi connectivity index (χ4v) is 1.48. The zero-order valence-electron chi connectivity index (χ0n) is 7.69. The Morgan fingerprint density at radius 2 is 2.15 bits per heavy atom. The minimum absolute atomic E-state index is 0.108. The number of hydrogen-bond acceptors (Lipinski definition) is 3. The van der Waals surface area contributed by atoms with E-state index in [0.717, 1.165) is 0 Å². The van der Waals surface area contributed by atoms with Crippen LogP contribution in [0, 0.1) is 5.92 Å². The molecule has 4 N–H and O–H groups in total. The summed E-state index contributed by atoms with van der Waals surface area (Å²) in [4.78, 5) is 23.8. The minimum atomic E-state index is -0.494. The van der Waals surface area contributed by atoms with Crippen LogP contribution < -0.4 is 11.5 Å². The second-order valence-corrected chi connectivity index (χ2v) is 3.46. The quantitative estimate of drug-likeness (QED) is 0.558. The van der Waals surface area contributed by atoms with Gasteiger partial charge in [-0.25, -0.2) is 0 Å². The van der Waals surface area contributed by atoms with Crippen LogP contribution in [-0.4, -0.2) is 35.8 Å². The van der Waals surface area contributed by atoms with Gasteiger partial charge in [0.05, 0.1) is 12.0 Å². The summed E-state index contributed by atoms with van der Waals surface area (Å²) in [6, 6.07) is -0.494. The van der Waals surface area contributed by atoms with Crippen molar-refractivity contribution in [2.45, 2.75) is 19.4 Å². The van der Waals surface area contributed by atoms with Crippen LogP contribution in [0.25, 0.3) is 0 Å². The molecule has 2 amide bonds. The van der Waals surface area contributed by atoms with Crippen molar-refractivity contribution >= 4 is 11.8 Å². The van der Waals surface area contributed by atoms with Crippen LogP contribution in [0.15, 0.2) is 0 Å². The number of carbonyl (C=O) groups is 2. The number of amides is 2. The molecule has 5 nitrogen and oxygen atoms in total. The van der Waals surface area contributed by atoms with Crippen LogP contribution in [0.4, 0.5) is 0 Å². The molecule has 0 radical (unpaired) electrons. The number of nitrogens with zero attached hydrogens (tertiary/aromatic N) is 1.